The lowest BCUT2D eigenvalue weighted by Gasteiger charge is -2.17. The SMILES string of the molecule is CC1(NCc2cn(C(C)(C)C)nn2)CC1. The van der Waals surface area contributed by atoms with Gasteiger partial charge in [-0.1, -0.05) is 5.21 Å². The zero-order valence-electron chi connectivity index (χ0n) is 10.0. The predicted molar refractivity (Wildman–Crippen MR) is 59.5 cm³/mol. The summed E-state index contributed by atoms with van der Waals surface area (Å²) in [5.41, 5.74) is 1.42. The molecule has 1 aromatic heterocycles. The van der Waals surface area contributed by atoms with E-state index < -0.39 is 0 Å². The smallest absolute Gasteiger partial charge is 0.0965 e. The highest BCUT2D eigenvalue weighted by Gasteiger charge is 2.36. The average molecular weight is 208 g/mol. The first-order valence-electron chi connectivity index (χ1n) is 5.56. The van der Waals surface area contributed by atoms with E-state index in [2.05, 4.69) is 43.3 Å². The van der Waals surface area contributed by atoms with Crippen molar-refractivity contribution in [1.82, 2.24) is 20.3 Å². The van der Waals surface area contributed by atoms with E-state index in [4.69, 9.17) is 0 Å². The molecule has 4 heteroatoms. The first-order valence-corrected chi connectivity index (χ1v) is 5.56. The van der Waals surface area contributed by atoms with Crippen molar-refractivity contribution in [2.75, 3.05) is 0 Å². The summed E-state index contributed by atoms with van der Waals surface area (Å²) in [6.07, 6.45) is 4.58. The number of hydrogen-bond acceptors (Lipinski definition) is 3. The lowest BCUT2D eigenvalue weighted by atomic mass is 10.1. The average Bonchev–Trinajstić information content (AvgIpc) is 2.66. The van der Waals surface area contributed by atoms with Gasteiger partial charge in [-0.25, -0.2) is 4.68 Å². The Hall–Kier alpha value is -0.900. The molecule has 84 valence electrons. The molecular formula is C11H20N4. The quantitative estimate of drug-likeness (QED) is 0.821. The summed E-state index contributed by atoms with van der Waals surface area (Å²) in [6, 6.07) is 0. The molecular weight excluding hydrogens is 188 g/mol. The summed E-state index contributed by atoms with van der Waals surface area (Å²) in [7, 11) is 0. The van der Waals surface area contributed by atoms with Crippen LogP contribution in [0.1, 0.15) is 46.2 Å². The van der Waals surface area contributed by atoms with Crippen LogP contribution in [-0.4, -0.2) is 20.5 Å². The molecule has 1 aliphatic carbocycles. The first kappa shape index (κ1) is 10.6. The number of nitrogens with one attached hydrogen (secondary N) is 1. The molecule has 0 bridgehead atoms. The Morgan fingerprint density at radius 3 is 2.60 bits per heavy atom. The standard InChI is InChI=1S/C11H20N4/c1-10(2,3)15-8-9(13-14-15)7-12-11(4)5-6-11/h8,12H,5-7H2,1-4H3. The molecule has 1 N–H and O–H groups in total. The largest absolute Gasteiger partial charge is 0.306 e. The van der Waals surface area contributed by atoms with E-state index in [9.17, 15) is 0 Å². The molecule has 0 aromatic carbocycles. The van der Waals surface area contributed by atoms with Crippen molar-refractivity contribution in [3.8, 4) is 0 Å². The number of hydrogen-bond donors (Lipinski definition) is 1. The van der Waals surface area contributed by atoms with Crippen LogP contribution in [0.5, 0.6) is 0 Å². The van der Waals surface area contributed by atoms with Crippen LogP contribution in [0.2, 0.25) is 0 Å². The van der Waals surface area contributed by atoms with Crippen LogP contribution in [0.25, 0.3) is 0 Å². The molecule has 15 heavy (non-hydrogen) atoms. The van der Waals surface area contributed by atoms with Crippen molar-refractivity contribution >= 4 is 0 Å². The minimum Gasteiger partial charge on any atom is -0.306 e. The third-order valence-corrected chi connectivity index (χ3v) is 2.92. The Labute approximate surface area is 91.1 Å². The molecule has 2 rings (SSSR count). The molecule has 0 spiro atoms. The highest BCUT2D eigenvalue weighted by molar-refractivity contribution is 5.01. The van der Waals surface area contributed by atoms with E-state index in [1.807, 2.05) is 10.9 Å². The Balaban J connectivity index is 1.95. The molecule has 1 saturated carbocycles. The molecule has 1 heterocycles. The van der Waals surface area contributed by atoms with Crippen LogP contribution in [0.3, 0.4) is 0 Å². The lowest BCUT2D eigenvalue weighted by Crippen LogP contribution is -2.27. The Morgan fingerprint density at radius 2 is 2.13 bits per heavy atom. The van der Waals surface area contributed by atoms with Crippen molar-refractivity contribution in [1.29, 1.82) is 0 Å². The van der Waals surface area contributed by atoms with Crippen molar-refractivity contribution in [2.45, 2.75) is 58.2 Å². The van der Waals surface area contributed by atoms with E-state index in [-0.39, 0.29) is 5.54 Å². The topological polar surface area (TPSA) is 42.7 Å². The summed E-state index contributed by atoms with van der Waals surface area (Å²) in [5, 5.41) is 11.8. The highest BCUT2D eigenvalue weighted by atomic mass is 15.4. The maximum absolute atomic E-state index is 4.16. The van der Waals surface area contributed by atoms with Gasteiger partial charge < -0.3 is 5.32 Å². The molecule has 0 aliphatic heterocycles. The van der Waals surface area contributed by atoms with Gasteiger partial charge in [0.1, 0.15) is 0 Å². The Kier molecular flexibility index (Phi) is 2.34. The molecule has 4 nitrogen and oxygen atoms in total. The molecule has 1 aromatic rings. The molecule has 0 amide bonds. The van der Waals surface area contributed by atoms with E-state index in [1.54, 1.807) is 0 Å². The summed E-state index contributed by atoms with van der Waals surface area (Å²) in [4.78, 5) is 0. The second-order valence-corrected chi connectivity index (χ2v) is 5.74. The van der Waals surface area contributed by atoms with E-state index in [0.29, 0.717) is 5.54 Å². The van der Waals surface area contributed by atoms with E-state index in [1.165, 1.54) is 12.8 Å². The van der Waals surface area contributed by atoms with Crippen molar-refractivity contribution < 1.29 is 0 Å². The highest BCUT2D eigenvalue weighted by Crippen LogP contribution is 2.34. The van der Waals surface area contributed by atoms with Gasteiger partial charge in [-0.05, 0) is 40.5 Å². The van der Waals surface area contributed by atoms with Crippen LogP contribution >= 0.6 is 0 Å². The second-order valence-electron chi connectivity index (χ2n) is 5.74. The van der Waals surface area contributed by atoms with Gasteiger partial charge in [-0.3, -0.25) is 0 Å². The van der Waals surface area contributed by atoms with Crippen LogP contribution in [0.4, 0.5) is 0 Å². The Bertz CT molecular complexity index is 344. The maximum atomic E-state index is 4.16. The van der Waals surface area contributed by atoms with E-state index >= 15 is 0 Å². The minimum atomic E-state index is 0.0226. The van der Waals surface area contributed by atoms with Crippen molar-refractivity contribution in [3.05, 3.63) is 11.9 Å². The third-order valence-electron chi connectivity index (χ3n) is 2.92. The summed E-state index contributed by atoms with van der Waals surface area (Å²) in [6.45, 7) is 9.46. The summed E-state index contributed by atoms with van der Waals surface area (Å²) >= 11 is 0. The van der Waals surface area contributed by atoms with Crippen molar-refractivity contribution in [2.24, 2.45) is 0 Å². The summed E-state index contributed by atoms with van der Waals surface area (Å²) < 4.78 is 1.92. The zero-order valence-corrected chi connectivity index (χ0v) is 10.0. The minimum absolute atomic E-state index is 0.0226. The number of rotatable bonds is 3. The van der Waals surface area contributed by atoms with Gasteiger partial charge in [-0.15, -0.1) is 5.10 Å². The van der Waals surface area contributed by atoms with Crippen LogP contribution in [-0.2, 0) is 12.1 Å². The molecule has 0 saturated heterocycles. The lowest BCUT2D eigenvalue weighted by molar-refractivity contribution is 0.347. The number of aromatic nitrogens is 3. The third kappa shape index (κ3) is 2.56. The van der Waals surface area contributed by atoms with Gasteiger partial charge in [0, 0.05) is 12.1 Å². The van der Waals surface area contributed by atoms with Crippen LogP contribution < -0.4 is 5.32 Å². The number of nitrogens with zero attached hydrogens (tertiary/aromatic N) is 3. The summed E-state index contributed by atoms with van der Waals surface area (Å²) in [5.74, 6) is 0. The zero-order chi connectivity index (χ0) is 11.1. The van der Waals surface area contributed by atoms with Gasteiger partial charge in [0.15, 0.2) is 0 Å². The predicted octanol–water partition coefficient (Wildman–Crippen LogP) is 1.68. The van der Waals surface area contributed by atoms with Gasteiger partial charge in [0.05, 0.1) is 17.4 Å². The Morgan fingerprint density at radius 1 is 1.47 bits per heavy atom. The fourth-order valence-electron chi connectivity index (χ4n) is 1.38. The second kappa shape index (κ2) is 3.30. The van der Waals surface area contributed by atoms with Crippen molar-refractivity contribution in [3.63, 3.8) is 0 Å². The molecule has 0 atom stereocenters. The molecule has 1 aliphatic rings. The van der Waals surface area contributed by atoms with Crippen LogP contribution in [0, 0.1) is 0 Å². The van der Waals surface area contributed by atoms with Gasteiger partial charge in [-0.2, -0.15) is 0 Å². The molecule has 0 radical (unpaired) electrons. The van der Waals surface area contributed by atoms with Gasteiger partial charge >= 0.3 is 0 Å². The monoisotopic (exact) mass is 208 g/mol. The fraction of sp³-hybridized carbons (Fsp3) is 0.818. The fourth-order valence-corrected chi connectivity index (χ4v) is 1.38. The molecule has 1 fully saturated rings. The van der Waals surface area contributed by atoms with Gasteiger partial charge in [0.2, 0.25) is 0 Å². The normalized spacial score (nSPS) is 19.2. The van der Waals surface area contributed by atoms with Crippen LogP contribution in [0.15, 0.2) is 6.20 Å². The van der Waals surface area contributed by atoms with E-state index in [0.717, 1.165) is 12.2 Å². The first-order chi connectivity index (χ1) is 6.89. The van der Waals surface area contributed by atoms with Gasteiger partial charge in [0.25, 0.3) is 0 Å². The molecule has 0 unspecified atom stereocenters. The maximum Gasteiger partial charge on any atom is 0.0965 e.